The zero-order valence-corrected chi connectivity index (χ0v) is 13.7. The largest absolute Gasteiger partial charge is 0.494 e. The summed E-state index contributed by atoms with van der Waals surface area (Å²) in [7, 11) is 0. The minimum Gasteiger partial charge on any atom is -0.494 e. The Balaban J connectivity index is 1.92. The molecule has 0 saturated heterocycles. The van der Waals surface area contributed by atoms with Crippen LogP contribution in [0.4, 0.5) is 0 Å². The maximum Gasteiger partial charge on any atom is 0.119 e. The Hall–Kier alpha value is -2.02. The van der Waals surface area contributed by atoms with E-state index in [1.54, 1.807) is 0 Å². The van der Waals surface area contributed by atoms with Gasteiger partial charge in [0, 0.05) is 0 Å². The SMILES string of the molecule is C=CCc1ccc(-c2ccc(OCCCC(C)C)cc2)cc1. The van der Waals surface area contributed by atoms with Gasteiger partial charge < -0.3 is 4.74 Å². The van der Waals surface area contributed by atoms with Crippen LogP contribution in [-0.2, 0) is 6.42 Å². The third-order valence-corrected chi connectivity index (χ3v) is 3.72. The maximum atomic E-state index is 5.79. The Kier molecular flexibility index (Phi) is 6.27. The fourth-order valence-corrected chi connectivity index (χ4v) is 2.43. The number of ether oxygens (including phenoxy) is 1. The third-order valence-electron chi connectivity index (χ3n) is 3.72. The normalized spacial score (nSPS) is 10.7. The molecule has 0 unspecified atom stereocenters. The van der Waals surface area contributed by atoms with E-state index >= 15 is 0 Å². The van der Waals surface area contributed by atoms with E-state index in [0.717, 1.165) is 31.1 Å². The van der Waals surface area contributed by atoms with Crippen LogP contribution in [-0.4, -0.2) is 6.61 Å². The average molecular weight is 294 g/mol. The Morgan fingerprint density at radius 2 is 1.55 bits per heavy atom. The van der Waals surface area contributed by atoms with Crippen molar-refractivity contribution in [3.8, 4) is 16.9 Å². The molecule has 0 fully saturated rings. The molecular formula is C21H26O. The van der Waals surface area contributed by atoms with Crippen molar-refractivity contribution in [2.75, 3.05) is 6.61 Å². The number of rotatable bonds is 8. The van der Waals surface area contributed by atoms with Crippen molar-refractivity contribution in [2.24, 2.45) is 5.92 Å². The van der Waals surface area contributed by atoms with Crippen molar-refractivity contribution in [2.45, 2.75) is 33.1 Å². The minimum atomic E-state index is 0.745. The molecule has 0 bridgehead atoms. The number of allylic oxidation sites excluding steroid dienone is 1. The molecule has 2 aromatic rings. The van der Waals surface area contributed by atoms with E-state index in [1.165, 1.54) is 23.1 Å². The van der Waals surface area contributed by atoms with Crippen LogP contribution in [0.15, 0.2) is 61.2 Å². The van der Waals surface area contributed by atoms with Crippen molar-refractivity contribution in [3.63, 3.8) is 0 Å². The molecule has 116 valence electrons. The van der Waals surface area contributed by atoms with Crippen LogP contribution in [0.5, 0.6) is 5.75 Å². The highest BCUT2D eigenvalue weighted by molar-refractivity contribution is 5.64. The van der Waals surface area contributed by atoms with E-state index in [9.17, 15) is 0 Å². The van der Waals surface area contributed by atoms with Gasteiger partial charge in [-0.3, -0.25) is 0 Å². The Labute approximate surface area is 134 Å². The number of benzene rings is 2. The lowest BCUT2D eigenvalue weighted by Gasteiger charge is -2.09. The molecule has 22 heavy (non-hydrogen) atoms. The molecule has 1 heteroatoms. The Bertz CT molecular complexity index is 564. The van der Waals surface area contributed by atoms with Gasteiger partial charge in [-0.1, -0.05) is 56.3 Å². The van der Waals surface area contributed by atoms with Gasteiger partial charge in [0.2, 0.25) is 0 Å². The van der Waals surface area contributed by atoms with Gasteiger partial charge in [0.05, 0.1) is 6.61 Å². The zero-order chi connectivity index (χ0) is 15.8. The Morgan fingerprint density at radius 1 is 0.955 bits per heavy atom. The smallest absolute Gasteiger partial charge is 0.119 e. The lowest BCUT2D eigenvalue weighted by Crippen LogP contribution is -1.99. The molecule has 0 saturated carbocycles. The lowest BCUT2D eigenvalue weighted by atomic mass is 10.0. The summed E-state index contributed by atoms with van der Waals surface area (Å²) in [5.41, 5.74) is 3.75. The lowest BCUT2D eigenvalue weighted by molar-refractivity contribution is 0.298. The van der Waals surface area contributed by atoms with E-state index in [1.807, 2.05) is 6.08 Å². The molecule has 0 atom stereocenters. The van der Waals surface area contributed by atoms with E-state index in [-0.39, 0.29) is 0 Å². The van der Waals surface area contributed by atoms with Gasteiger partial charge in [0.1, 0.15) is 5.75 Å². The summed E-state index contributed by atoms with van der Waals surface area (Å²) in [6.07, 6.45) is 5.18. The molecule has 0 amide bonds. The van der Waals surface area contributed by atoms with Crippen molar-refractivity contribution in [1.29, 1.82) is 0 Å². The first-order valence-corrected chi connectivity index (χ1v) is 8.12. The maximum absolute atomic E-state index is 5.79. The van der Waals surface area contributed by atoms with E-state index in [4.69, 9.17) is 4.74 Å². The third kappa shape index (κ3) is 5.07. The quantitative estimate of drug-likeness (QED) is 0.435. The second-order valence-corrected chi connectivity index (χ2v) is 6.10. The van der Waals surface area contributed by atoms with Gasteiger partial charge in [0.25, 0.3) is 0 Å². The highest BCUT2D eigenvalue weighted by atomic mass is 16.5. The summed E-state index contributed by atoms with van der Waals surface area (Å²) >= 11 is 0. The van der Waals surface area contributed by atoms with Gasteiger partial charge in [-0.05, 0) is 54.0 Å². The first-order valence-electron chi connectivity index (χ1n) is 8.12. The van der Waals surface area contributed by atoms with E-state index < -0.39 is 0 Å². The van der Waals surface area contributed by atoms with E-state index in [0.29, 0.717) is 0 Å². The fourth-order valence-electron chi connectivity index (χ4n) is 2.43. The molecule has 2 rings (SSSR count). The first-order chi connectivity index (χ1) is 10.7. The highest BCUT2D eigenvalue weighted by Crippen LogP contribution is 2.23. The van der Waals surface area contributed by atoms with Crippen molar-refractivity contribution in [1.82, 2.24) is 0 Å². The molecule has 2 aromatic carbocycles. The summed E-state index contributed by atoms with van der Waals surface area (Å²) in [5.74, 6) is 1.70. The standard InChI is InChI=1S/C21H26O/c1-4-6-18-8-10-19(11-9-18)20-12-14-21(15-13-20)22-16-5-7-17(2)3/h4,8-15,17H,1,5-7,16H2,2-3H3. The molecule has 0 aliphatic rings. The Morgan fingerprint density at radius 3 is 2.09 bits per heavy atom. The molecule has 0 heterocycles. The molecule has 0 aliphatic heterocycles. The predicted octanol–water partition coefficient (Wildman–Crippen LogP) is 5.90. The molecule has 0 aromatic heterocycles. The predicted molar refractivity (Wildman–Crippen MR) is 95.3 cm³/mol. The monoisotopic (exact) mass is 294 g/mol. The van der Waals surface area contributed by atoms with Gasteiger partial charge in [-0.15, -0.1) is 6.58 Å². The van der Waals surface area contributed by atoms with Crippen LogP contribution in [0.1, 0.15) is 32.3 Å². The second kappa shape index (κ2) is 8.43. The van der Waals surface area contributed by atoms with E-state index in [2.05, 4.69) is 69.0 Å². The number of hydrogen-bond donors (Lipinski definition) is 0. The minimum absolute atomic E-state index is 0.745. The van der Waals surface area contributed by atoms with Crippen LogP contribution in [0.2, 0.25) is 0 Å². The molecule has 0 N–H and O–H groups in total. The van der Waals surface area contributed by atoms with Crippen LogP contribution in [0.25, 0.3) is 11.1 Å². The van der Waals surface area contributed by atoms with Crippen LogP contribution < -0.4 is 4.74 Å². The van der Waals surface area contributed by atoms with Crippen LogP contribution in [0, 0.1) is 5.92 Å². The summed E-state index contributed by atoms with van der Waals surface area (Å²) in [4.78, 5) is 0. The van der Waals surface area contributed by atoms with Crippen molar-refractivity contribution in [3.05, 3.63) is 66.7 Å². The van der Waals surface area contributed by atoms with Crippen molar-refractivity contribution < 1.29 is 4.74 Å². The summed E-state index contributed by atoms with van der Waals surface area (Å²) in [6.45, 7) is 9.06. The first kappa shape index (κ1) is 16.4. The van der Waals surface area contributed by atoms with Crippen molar-refractivity contribution >= 4 is 0 Å². The fraction of sp³-hybridized carbons (Fsp3) is 0.333. The van der Waals surface area contributed by atoms with Gasteiger partial charge in [-0.25, -0.2) is 0 Å². The highest BCUT2D eigenvalue weighted by Gasteiger charge is 2.00. The summed E-state index contributed by atoms with van der Waals surface area (Å²) in [6, 6.07) is 17.0. The molecule has 0 radical (unpaired) electrons. The molecule has 0 spiro atoms. The molecule has 1 nitrogen and oxygen atoms in total. The van der Waals surface area contributed by atoms with Gasteiger partial charge in [0.15, 0.2) is 0 Å². The number of hydrogen-bond acceptors (Lipinski definition) is 1. The molecular weight excluding hydrogens is 268 g/mol. The zero-order valence-electron chi connectivity index (χ0n) is 13.7. The van der Waals surface area contributed by atoms with Crippen LogP contribution in [0.3, 0.4) is 0 Å². The molecule has 0 aliphatic carbocycles. The van der Waals surface area contributed by atoms with Crippen LogP contribution >= 0.6 is 0 Å². The topological polar surface area (TPSA) is 9.23 Å². The average Bonchev–Trinajstić information content (AvgIpc) is 2.53. The van der Waals surface area contributed by atoms with Gasteiger partial charge in [-0.2, -0.15) is 0 Å². The van der Waals surface area contributed by atoms with Gasteiger partial charge >= 0.3 is 0 Å². The summed E-state index contributed by atoms with van der Waals surface area (Å²) in [5, 5.41) is 0. The summed E-state index contributed by atoms with van der Waals surface area (Å²) < 4.78 is 5.79. The second-order valence-electron chi connectivity index (χ2n) is 6.10.